The van der Waals surface area contributed by atoms with Crippen molar-refractivity contribution < 1.29 is 14.4 Å². The predicted octanol–water partition coefficient (Wildman–Crippen LogP) is 2.68. The number of hydrogen-bond donors (Lipinski definition) is 2. The maximum atomic E-state index is 12.3. The van der Waals surface area contributed by atoms with Crippen LogP contribution in [0.1, 0.15) is 50.2 Å². The van der Waals surface area contributed by atoms with Gasteiger partial charge in [-0.2, -0.15) is 0 Å². The van der Waals surface area contributed by atoms with Crippen molar-refractivity contribution in [3.05, 3.63) is 70.3 Å². The third-order valence-electron chi connectivity index (χ3n) is 3.97. The Kier molecular flexibility index (Phi) is 6.06. The van der Waals surface area contributed by atoms with Crippen LogP contribution in [0.2, 0.25) is 0 Å². The average Bonchev–Trinajstić information content (AvgIpc) is 2.60. The summed E-state index contributed by atoms with van der Waals surface area (Å²) < 4.78 is 0. The number of carbonyl (C=O) groups is 3. The van der Waals surface area contributed by atoms with E-state index in [0.29, 0.717) is 11.1 Å². The lowest BCUT2D eigenvalue weighted by Crippen LogP contribution is -2.23. The van der Waals surface area contributed by atoms with Crippen molar-refractivity contribution in [3.63, 3.8) is 0 Å². The number of nitrogens with two attached hydrogens (primary N) is 1. The zero-order valence-corrected chi connectivity index (χ0v) is 14.5. The SMILES string of the molecule is Cc1ccc(C)c(C(=O)CCC(=O)NCc2cccc(C(N)=O)c2)c1. The molecule has 25 heavy (non-hydrogen) atoms. The topological polar surface area (TPSA) is 89.3 Å². The summed E-state index contributed by atoms with van der Waals surface area (Å²) in [6, 6.07) is 12.5. The monoisotopic (exact) mass is 338 g/mol. The fourth-order valence-corrected chi connectivity index (χ4v) is 2.52. The number of ketones is 1. The van der Waals surface area contributed by atoms with E-state index in [0.717, 1.165) is 16.7 Å². The van der Waals surface area contributed by atoms with Gasteiger partial charge in [-0.3, -0.25) is 14.4 Å². The molecule has 0 radical (unpaired) electrons. The van der Waals surface area contributed by atoms with Gasteiger partial charge in [0.2, 0.25) is 11.8 Å². The molecule has 0 unspecified atom stereocenters. The highest BCUT2D eigenvalue weighted by Gasteiger charge is 2.12. The van der Waals surface area contributed by atoms with Crippen LogP contribution in [-0.4, -0.2) is 17.6 Å². The van der Waals surface area contributed by atoms with E-state index in [1.807, 2.05) is 32.0 Å². The van der Waals surface area contributed by atoms with E-state index in [1.165, 1.54) is 0 Å². The number of aryl methyl sites for hydroxylation is 2. The van der Waals surface area contributed by atoms with E-state index in [1.54, 1.807) is 24.3 Å². The van der Waals surface area contributed by atoms with Gasteiger partial charge in [-0.1, -0.05) is 29.8 Å². The van der Waals surface area contributed by atoms with Crippen LogP contribution >= 0.6 is 0 Å². The Hall–Kier alpha value is -2.95. The van der Waals surface area contributed by atoms with Crippen LogP contribution in [0.4, 0.5) is 0 Å². The van der Waals surface area contributed by atoms with Gasteiger partial charge in [-0.05, 0) is 43.2 Å². The molecule has 2 aromatic carbocycles. The molecule has 5 heteroatoms. The molecule has 0 saturated heterocycles. The van der Waals surface area contributed by atoms with Crippen LogP contribution in [-0.2, 0) is 11.3 Å². The minimum Gasteiger partial charge on any atom is -0.366 e. The van der Waals surface area contributed by atoms with Gasteiger partial charge in [-0.15, -0.1) is 0 Å². The third-order valence-corrected chi connectivity index (χ3v) is 3.97. The van der Waals surface area contributed by atoms with Gasteiger partial charge in [0.15, 0.2) is 5.78 Å². The molecule has 2 amide bonds. The van der Waals surface area contributed by atoms with Crippen molar-refractivity contribution in [1.82, 2.24) is 5.32 Å². The highest BCUT2D eigenvalue weighted by Crippen LogP contribution is 2.14. The summed E-state index contributed by atoms with van der Waals surface area (Å²) in [4.78, 5) is 35.4. The first-order chi connectivity index (χ1) is 11.9. The first kappa shape index (κ1) is 18.4. The van der Waals surface area contributed by atoms with Crippen LogP contribution < -0.4 is 11.1 Å². The molecule has 0 bridgehead atoms. The largest absolute Gasteiger partial charge is 0.366 e. The molecule has 0 atom stereocenters. The number of carbonyl (C=O) groups excluding carboxylic acids is 3. The summed E-state index contributed by atoms with van der Waals surface area (Å²) in [5, 5.41) is 2.75. The van der Waals surface area contributed by atoms with Crippen LogP contribution in [0, 0.1) is 13.8 Å². The minimum absolute atomic E-state index is 0.0351. The molecule has 0 aliphatic rings. The smallest absolute Gasteiger partial charge is 0.248 e. The highest BCUT2D eigenvalue weighted by atomic mass is 16.2. The first-order valence-corrected chi connectivity index (χ1v) is 8.12. The summed E-state index contributed by atoms with van der Waals surface area (Å²) in [6.07, 6.45) is 0.291. The lowest BCUT2D eigenvalue weighted by atomic mass is 9.99. The van der Waals surface area contributed by atoms with E-state index < -0.39 is 5.91 Å². The predicted molar refractivity (Wildman–Crippen MR) is 96.3 cm³/mol. The molecule has 5 nitrogen and oxygen atoms in total. The van der Waals surface area contributed by atoms with Crippen molar-refractivity contribution in [3.8, 4) is 0 Å². The number of nitrogens with one attached hydrogen (secondary N) is 1. The van der Waals surface area contributed by atoms with Crippen LogP contribution in [0.25, 0.3) is 0 Å². The highest BCUT2D eigenvalue weighted by molar-refractivity contribution is 5.99. The summed E-state index contributed by atoms with van der Waals surface area (Å²) in [6.45, 7) is 4.11. The fraction of sp³-hybridized carbons (Fsp3) is 0.250. The molecule has 0 spiro atoms. The van der Waals surface area contributed by atoms with Gasteiger partial charge in [-0.25, -0.2) is 0 Å². The number of rotatable bonds is 7. The van der Waals surface area contributed by atoms with Crippen molar-refractivity contribution in [1.29, 1.82) is 0 Å². The van der Waals surface area contributed by atoms with Gasteiger partial charge < -0.3 is 11.1 Å². The lowest BCUT2D eigenvalue weighted by molar-refractivity contribution is -0.121. The van der Waals surface area contributed by atoms with E-state index >= 15 is 0 Å². The number of amides is 2. The van der Waals surface area contributed by atoms with Crippen molar-refractivity contribution in [2.24, 2.45) is 5.73 Å². The summed E-state index contributed by atoms with van der Waals surface area (Å²) in [5.74, 6) is -0.748. The van der Waals surface area contributed by atoms with E-state index in [2.05, 4.69) is 5.32 Å². The quantitative estimate of drug-likeness (QED) is 0.761. The van der Waals surface area contributed by atoms with Crippen LogP contribution in [0.15, 0.2) is 42.5 Å². The van der Waals surface area contributed by atoms with Gasteiger partial charge >= 0.3 is 0 Å². The molecule has 2 rings (SSSR count). The van der Waals surface area contributed by atoms with Crippen molar-refractivity contribution in [2.45, 2.75) is 33.2 Å². The molecular formula is C20H22N2O3. The summed E-state index contributed by atoms with van der Waals surface area (Å²) in [7, 11) is 0. The molecule has 0 aliphatic heterocycles. The van der Waals surface area contributed by atoms with Crippen LogP contribution in [0.5, 0.6) is 0 Å². The molecule has 2 aromatic rings. The number of Topliss-reactive ketones (excluding diaryl/α,β-unsaturated/α-hetero) is 1. The van der Waals surface area contributed by atoms with Crippen molar-refractivity contribution in [2.75, 3.05) is 0 Å². The van der Waals surface area contributed by atoms with E-state index in [4.69, 9.17) is 5.73 Å². The van der Waals surface area contributed by atoms with E-state index in [-0.39, 0.29) is 31.1 Å². The Balaban J connectivity index is 1.86. The van der Waals surface area contributed by atoms with Crippen LogP contribution in [0.3, 0.4) is 0 Å². The maximum Gasteiger partial charge on any atom is 0.248 e. The number of primary amides is 1. The summed E-state index contributed by atoms with van der Waals surface area (Å²) >= 11 is 0. The molecule has 0 fully saturated rings. The maximum absolute atomic E-state index is 12.3. The lowest BCUT2D eigenvalue weighted by Gasteiger charge is -2.08. The Labute approximate surface area is 147 Å². The molecule has 0 heterocycles. The second kappa shape index (κ2) is 8.24. The summed E-state index contributed by atoms with van der Waals surface area (Å²) in [5.41, 5.74) is 9.02. The third kappa shape index (κ3) is 5.28. The standard InChI is InChI=1S/C20H22N2O3/c1-13-6-7-14(2)17(10-13)18(23)8-9-19(24)22-12-15-4-3-5-16(11-15)20(21)25/h3-7,10-11H,8-9,12H2,1-2H3,(H2,21,25)(H,22,24). The Morgan fingerprint density at radius 2 is 1.76 bits per heavy atom. The molecule has 0 saturated carbocycles. The normalized spacial score (nSPS) is 10.3. The molecule has 0 aromatic heterocycles. The second-order valence-corrected chi connectivity index (χ2v) is 6.08. The Morgan fingerprint density at radius 1 is 1.00 bits per heavy atom. The number of benzene rings is 2. The zero-order chi connectivity index (χ0) is 18.4. The Morgan fingerprint density at radius 3 is 2.48 bits per heavy atom. The molecule has 3 N–H and O–H groups in total. The fourth-order valence-electron chi connectivity index (χ4n) is 2.52. The Bertz CT molecular complexity index is 812. The molecule has 130 valence electrons. The van der Waals surface area contributed by atoms with Gasteiger partial charge in [0.05, 0.1) is 0 Å². The van der Waals surface area contributed by atoms with E-state index in [9.17, 15) is 14.4 Å². The molecular weight excluding hydrogens is 316 g/mol. The van der Waals surface area contributed by atoms with Crippen molar-refractivity contribution >= 4 is 17.6 Å². The zero-order valence-electron chi connectivity index (χ0n) is 14.5. The molecule has 0 aliphatic carbocycles. The minimum atomic E-state index is -0.507. The van der Waals surface area contributed by atoms with Gasteiger partial charge in [0.25, 0.3) is 0 Å². The van der Waals surface area contributed by atoms with Gasteiger partial charge in [0, 0.05) is 30.5 Å². The first-order valence-electron chi connectivity index (χ1n) is 8.12. The average molecular weight is 338 g/mol. The van der Waals surface area contributed by atoms with Gasteiger partial charge in [0.1, 0.15) is 0 Å². The number of hydrogen-bond acceptors (Lipinski definition) is 3. The second-order valence-electron chi connectivity index (χ2n) is 6.08.